The predicted octanol–water partition coefficient (Wildman–Crippen LogP) is 3.57. The first kappa shape index (κ1) is 11.8. The minimum absolute atomic E-state index is 0.675. The van der Waals surface area contributed by atoms with E-state index in [1.54, 1.807) is 0 Å². The molecule has 0 amide bonds. The first-order valence-corrected chi connectivity index (χ1v) is 7.67. The van der Waals surface area contributed by atoms with Crippen LogP contribution < -0.4 is 5.73 Å². The summed E-state index contributed by atoms with van der Waals surface area (Å²) in [5.74, 6) is 2.33. The summed E-state index contributed by atoms with van der Waals surface area (Å²) in [5.41, 5.74) is 5.70. The fraction of sp³-hybridized carbons (Fsp3) is 1.00. The number of nitrogens with two attached hydrogens (primary N) is 1. The molecule has 0 aromatic heterocycles. The quantitative estimate of drug-likeness (QED) is 0.780. The number of hydrogen-bond donors (Lipinski definition) is 1. The van der Waals surface area contributed by atoms with Crippen LogP contribution >= 0.6 is 11.8 Å². The Balaban J connectivity index is 1.93. The van der Waals surface area contributed by atoms with Crippen molar-refractivity contribution in [3.8, 4) is 0 Å². The SMILES string of the molecule is NCCC1CCSC2(CCCCCC2)C1. The van der Waals surface area contributed by atoms with Gasteiger partial charge in [0.25, 0.3) is 0 Å². The molecular weight excluding hydrogens is 202 g/mol. The Morgan fingerprint density at radius 2 is 1.87 bits per heavy atom. The zero-order valence-electron chi connectivity index (χ0n) is 9.84. The van der Waals surface area contributed by atoms with Crippen LogP contribution in [0, 0.1) is 5.92 Å². The maximum atomic E-state index is 5.70. The molecule has 1 saturated carbocycles. The lowest BCUT2D eigenvalue weighted by atomic mass is 9.84. The summed E-state index contributed by atoms with van der Waals surface area (Å²) in [5, 5.41) is 0. The first-order valence-electron chi connectivity index (χ1n) is 6.69. The monoisotopic (exact) mass is 227 g/mol. The van der Waals surface area contributed by atoms with Crippen LogP contribution in [0.15, 0.2) is 0 Å². The molecule has 0 aromatic carbocycles. The summed E-state index contributed by atoms with van der Waals surface area (Å²) in [6.07, 6.45) is 13.0. The largest absolute Gasteiger partial charge is 0.330 e. The lowest BCUT2D eigenvalue weighted by Gasteiger charge is -2.40. The molecule has 2 rings (SSSR count). The van der Waals surface area contributed by atoms with Crippen molar-refractivity contribution < 1.29 is 0 Å². The minimum atomic E-state index is 0.675. The van der Waals surface area contributed by atoms with Crippen molar-refractivity contribution in [2.24, 2.45) is 11.7 Å². The van der Waals surface area contributed by atoms with Gasteiger partial charge in [-0.05, 0) is 50.3 Å². The van der Waals surface area contributed by atoms with Gasteiger partial charge >= 0.3 is 0 Å². The van der Waals surface area contributed by atoms with Crippen LogP contribution in [0.1, 0.15) is 57.8 Å². The average Bonchev–Trinajstić information content (AvgIpc) is 2.45. The highest BCUT2D eigenvalue weighted by molar-refractivity contribution is 8.00. The molecule has 0 radical (unpaired) electrons. The Bertz CT molecular complexity index is 183. The third-order valence-electron chi connectivity index (χ3n) is 4.18. The maximum Gasteiger partial charge on any atom is 0.0162 e. The van der Waals surface area contributed by atoms with E-state index in [4.69, 9.17) is 5.73 Å². The van der Waals surface area contributed by atoms with Crippen LogP contribution in [-0.4, -0.2) is 17.0 Å². The van der Waals surface area contributed by atoms with E-state index in [1.165, 1.54) is 63.5 Å². The van der Waals surface area contributed by atoms with Crippen molar-refractivity contribution in [1.82, 2.24) is 0 Å². The Kier molecular flexibility index (Phi) is 4.39. The lowest BCUT2D eigenvalue weighted by Crippen LogP contribution is -2.33. The molecule has 1 aliphatic carbocycles. The molecule has 1 aliphatic heterocycles. The van der Waals surface area contributed by atoms with Gasteiger partial charge in [-0.15, -0.1) is 0 Å². The molecule has 2 fully saturated rings. The summed E-state index contributed by atoms with van der Waals surface area (Å²) in [6.45, 7) is 0.894. The van der Waals surface area contributed by atoms with E-state index in [1.807, 2.05) is 0 Å². The van der Waals surface area contributed by atoms with E-state index >= 15 is 0 Å². The topological polar surface area (TPSA) is 26.0 Å². The molecule has 1 nitrogen and oxygen atoms in total. The standard InChI is InChI=1S/C13H25NS/c14-9-5-12-6-10-15-13(11-12)7-3-1-2-4-8-13/h12H,1-11,14H2. The summed E-state index contributed by atoms with van der Waals surface area (Å²) in [6, 6.07) is 0. The van der Waals surface area contributed by atoms with E-state index in [2.05, 4.69) is 11.8 Å². The third kappa shape index (κ3) is 3.13. The van der Waals surface area contributed by atoms with Gasteiger partial charge in [0.2, 0.25) is 0 Å². The molecule has 1 heterocycles. The van der Waals surface area contributed by atoms with Crippen LogP contribution in [-0.2, 0) is 0 Å². The summed E-state index contributed by atoms with van der Waals surface area (Å²) < 4.78 is 0.675. The third-order valence-corrected chi connectivity index (χ3v) is 5.81. The first-order chi connectivity index (χ1) is 7.35. The van der Waals surface area contributed by atoms with Gasteiger partial charge in [0.05, 0.1) is 0 Å². The molecule has 1 saturated heterocycles. The van der Waals surface area contributed by atoms with E-state index in [0.717, 1.165) is 12.5 Å². The van der Waals surface area contributed by atoms with Crippen LogP contribution in [0.5, 0.6) is 0 Å². The van der Waals surface area contributed by atoms with Crippen molar-refractivity contribution in [1.29, 1.82) is 0 Å². The second-order valence-electron chi connectivity index (χ2n) is 5.38. The van der Waals surface area contributed by atoms with Gasteiger partial charge in [-0.2, -0.15) is 11.8 Å². The highest BCUT2D eigenvalue weighted by atomic mass is 32.2. The number of hydrogen-bond acceptors (Lipinski definition) is 2. The normalized spacial score (nSPS) is 31.4. The molecule has 0 aromatic rings. The zero-order chi connectivity index (χ0) is 10.6. The van der Waals surface area contributed by atoms with Crippen molar-refractivity contribution in [2.75, 3.05) is 12.3 Å². The predicted molar refractivity (Wildman–Crippen MR) is 69.3 cm³/mol. The van der Waals surface area contributed by atoms with E-state index in [-0.39, 0.29) is 0 Å². The molecule has 2 heteroatoms. The molecular formula is C13H25NS. The number of rotatable bonds is 2. The Morgan fingerprint density at radius 1 is 1.13 bits per heavy atom. The van der Waals surface area contributed by atoms with E-state index in [0.29, 0.717) is 4.75 Å². The van der Waals surface area contributed by atoms with E-state index < -0.39 is 0 Å². The smallest absolute Gasteiger partial charge is 0.0162 e. The van der Waals surface area contributed by atoms with Gasteiger partial charge < -0.3 is 5.73 Å². The average molecular weight is 227 g/mol. The van der Waals surface area contributed by atoms with Crippen molar-refractivity contribution >= 4 is 11.8 Å². The van der Waals surface area contributed by atoms with Gasteiger partial charge in [0, 0.05) is 4.75 Å². The van der Waals surface area contributed by atoms with Gasteiger partial charge in [-0.3, -0.25) is 0 Å². The highest BCUT2D eigenvalue weighted by Gasteiger charge is 2.36. The molecule has 15 heavy (non-hydrogen) atoms. The van der Waals surface area contributed by atoms with E-state index in [9.17, 15) is 0 Å². The van der Waals surface area contributed by atoms with Crippen molar-refractivity contribution in [3.05, 3.63) is 0 Å². The minimum Gasteiger partial charge on any atom is -0.330 e. The highest BCUT2D eigenvalue weighted by Crippen LogP contribution is 2.48. The van der Waals surface area contributed by atoms with Gasteiger partial charge in [-0.25, -0.2) is 0 Å². The second kappa shape index (κ2) is 5.58. The number of thioether (sulfide) groups is 1. The van der Waals surface area contributed by atoms with Crippen LogP contribution in [0.3, 0.4) is 0 Å². The summed E-state index contributed by atoms with van der Waals surface area (Å²) >= 11 is 2.29. The van der Waals surface area contributed by atoms with Crippen LogP contribution in [0.2, 0.25) is 0 Å². The van der Waals surface area contributed by atoms with Gasteiger partial charge in [0.15, 0.2) is 0 Å². The van der Waals surface area contributed by atoms with Crippen molar-refractivity contribution in [3.63, 3.8) is 0 Å². The summed E-state index contributed by atoms with van der Waals surface area (Å²) in [4.78, 5) is 0. The summed E-state index contributed by atoms with van der Waals surface area (Å²) in [7, 11) is 0. The van der Waals surface area contributed by atoms with Gasteiger partial charge in [-0.1, -0.05) is 25.7 Å². The second-order valence-corrected chi connectivity index (χ2v) is 6.94. The molecule has 0 bridgehead atoms. The maximum absolute atomic E-state index is 5.70. The zero-order valence-corrected chi connectivity index (χ0v) is 10.7. The van der Waals surface area contributed by atoms with Crippen LogP contribution in [0.4, 0.5) is 0 Å². The fourth-order valence-corrected chi connectivity index (χ4v) is 5.15. The molecule has 2 N–H and O–H groups in total. The van der Waals surface area contributed by atoms with Crippen LogP contribution in [0.25, 0.3) is 0 Å². The Morgan fingerprint density at radius 3 is 2.53 bits per heavy atom. The molecule has 1 atom stereocenters. The Hall–Kier alpha value is 0.310. The fourth-order valence-electron chi connectivity index (χ4n) is 3.33. The molecule has 88 valence electrons. The van der Waals surface area contributed by atoms with Crippen molar-refractivity contribution in [2.45, 2.75) is 62.5 Å². The lowest BCUT2D eigenvalue weighted by molar-refractivity contribution is 0.338. The Labute approximate surface area is 98.6 Å². The molecule has 2 aliphatic rings. The molecule has 1 spiro atoms. The molecule has 1 unspecified atom stereocenters. The van der Waals surface area contributed by atoms with Gasteiger partial charge in [0.1, 0.15) is 0 Å².